The Hall–Kier alpha value is -3.27. The van der Waals surface area contributed by atoms with Crippen molar-refractivity contribution in [3.63, 3.8) is 0 Å². The maximum absolute atomic E-state index is 12.8. The Morgan fingerprint density at radius 2 is 1.70 bits per heavy atom. The highest BCUT2D eigenvalue weighted by Crippen LogP contribution is 2.40. The highest BCUT2D eigenvalue weighted by atomic mass is 32.2. The smallest absolute Gasteiger partial charge is 0.255 e. The molecule has 0 aromatic heterocycles. The van der Waals surface area contributed by atoms with Crippen molar-refractivity contribution in [2.45, 2.75) is 6.92 Å². The molecule has 30 heavy (non-hydrogen) atoms. The Balaban J connectivity index is 1.91. The molecule has 1 fully saturated rings. The van der Waals surface area contributed by atoms with Crippen molar-refractivity contribution >= 4 is 33.2 Å². The van der Waals surface area contributed by atoms with Gasteiger partial charge in [-0.05, 0) is 18.2 Å². The molecule has 1 aliphatic heterocycles. The number of sulfonamides is 1. The Kier molecular flexibility index (Phi) is 5.88. The van der Waals surface area contributed by atoms with Crippen LogP contribution >= 0.6 is 0 Å². The van der Waals surface area contributed by atoms with Gasteiger partial charge in [0.25, 0.3) is 5.91 Å². The Bertz CT molecular complexity index is 1070. The number of hydrogen-bond acceptors (Lipinski definition) is 7. The van der Waals surface area contributed by atoms with Crippen LogP contribution in [0.25, 0.3) is 0 Å². The topological polar surface area (TPSA) is 111 Å². The van der Waals surface area contributed by atoms with Crippen molar-refractivity contribution in [2.75, 3.05) is 36.7 Å². The van der Waals surface area contributed by atoms with Crippen molar-refractivity contribution < 1.29 is 32.2 Å². The molecule has 1 saturated heterocycles. The molecule has 1 heterocycles. The number of amides is 2. The number of anilines is 2. The van der Waals surface area contributed by atoms with Gasteiger partial charge in [0.05, 0.1) is 38.7 Å². The lowest BCUT2D eigenvalue weighted by Gasteiger charge is -2.17. The molecule has 9 nitrogen and oxygen atoms in total. The molecular weight excluding hydrogens is 412 g/mol. The van der Waals surface area contributed by atoms with Gasteiger partial charge in [0.2, 0.25) is 21.7 Å². The van der Waals surface area contributed by atoms with Crippen LogP contribution in [0.3, 0.4) is 0 Å². The van der Waals surface area contributed by atoms with Crippen LogP contribution < -0.4 is 23.8 Å². The number of methoxy groups -OCH3 is 3. The highest BCUT2D eigenvalue weighted by molar-refractivity contribution is 7.94. The fourth-order valence-corrected chi connectivity index (χ4v) is 5.03. The Labute approximate surface area is 174 Å². The second-order valence-electron chi connectivity index (χ2n) is 6.70. The summed E-state index contributed by atoms with van der Waals surface area (Å²) in [7, 11) is 0.629. The van der Waals surface area contributed by atoms with Gasteiger partial charge in [-0.2, -0.15) is 0 Å². The lowest BCUT2D eigenvalue weighted by Crippen LogP contribution is -2.30. The number of ether oxygens (including phenoxy) is 3. The average Bonchev–Trinajstić information content (AvgIpc) is 2.93. The molecule has 0 spiro atoms. The monoisotopic (exact) mass is 434 g/mol. The summed E-state index contributed by atoms with van der Waals surface area (Å²) in [5, 5.41) is 2.71. The first-order valence-electron chi connectivity index (χ1n) is 9.00. The molecule has 0 aliphatic carbocycles. The molecular formula is C20H22N2O7S. The minimum atomic E-state index is -3.76. The van der Waals surface area contributed by atoms with E-state index in [1.165, 1.54) is 45.6 Å². The zero-order valence-corrected chi connectivity index (χ0v) is 17.8. The highest BCUT2D eigenvalue weighted by Gasteiger charge is 2.42. The molecule has 2 aromatic rings. The Morgan fingerprint density at radius 1 is 1.07 bits per heavy atom. The summed E-state index contributed by atoms with van der Waals surface area (Å²) in [6, 6.07) is 9.02. The normalized spacial score (nSPS) is 17.5. The third-order valence-electron chi connectivity index (χ3n) is 4.63. The first kappa shape index (κ1) is 21.4. The minimum absolute atomic E-state index is 0.127. The van der Waals surface area contributed by atoms with Gasteiger partial charge in [-0.1, -0.05) is 13.0 Å². The van der Waals surface area contributed by atoms with Crippen LogP contribution in [0.2, 0.25) is 0 Å². The Morgan fingerprint density at radius 3 is 2.20 bits per heavy atom. The maximum Gasteiger partial charge on any atom is 0.255 e. The molecule has 0 radical (unpaired) electrons. The molecule has 1 unspecified atom stereocenters. The predicted molar refractivity (Wildman–Crippen MR) is 111 cm³/mol. The van der Waals surface area contributed by atoms with Crippen LogP contribution in [0.1, 0.15) is 17.3 Å². The van der Waals surface area contributed by atoms with Gasteiger partial charge < -0.3 is 19.5 Å². The SMILES string of the molecule is COc1cc(NC(=O)c2cccc(N3C(=O)C(C)CS3(=O)=O)c2)cc(OC)c1OC. The van der Waals surface area contributed by atoms with Crippen LogP contribution in [-0.2, 0) is 14.8 Å². The van der Waals surface area contributed by atoms with Crippen molar-refractivity contribution in [2.24, 2.45) is 5.92 Å². The van der Waals surface area contributed by atoms with Gasteiger partial charge in [0.15, 0.2) is 11.5 Å². The molecule has 1 atom stereocenters. The summed E-state index contributed by atoms with van der Waals surface area (Å²) < 4.78 is 41.2. The molecule has 160 valence electrons. The van der Waals surface area contributed by atoms with Gasteiger partial charge in [0, 0.05) is 23.4 Å². The lowest BCUT2D eigenvalue weighted by atomic mass is 10.1. The standard InChI is InChI=1S/C20H22N2O7S/c1-12-11-30(25,26)22(20(12)24)15-7-5-6-13(8-15)19(23)21-14-9-16(27-2)18(29-4)17(10-14)28-3/h5-10,12H,11H2,1-4H3,(H,21,23). The first-order chi connectivity index (χ1) is 14.2. The second-order valence-corrected chi connectivity index (χ2v) is 8.56. The van der Waals surface area contributed by atoms with E-state index in [1.807, 2.05) is 0 Å². The summed E-state index contributed by atoms with van der Waals surface area (Å²) in [4.78, 5) is 25.1. The number of hydrogen-bond donors (Lipinski definition) is 1. The number of nitrogens with zero attached hydrogens (tertiary/aromatic N) is 1. The van der Waals surface area contributed by atoms with Crippen molar-refractivity contribution in [1.29, 1.82) is 0 Å². The lowest BCUT2D eigenvalue weighted by molar-refractivity contribution is -0.119. The van der Waals surface area contributed by atoms with Gasteiger partial charge in [-0.15, -0.1) is 0 Å². The molecule has 3 rings (SSSR count). The number of nitrogens with one attached hydrogen (secondary N) is 1. The molecule has 1 N–H and O–H groups in total. The molecule has 2 amide bonds. The fraction of sp³-hybridized carbons (Fsp3) is 0.300. The predicted octanol–water partition coefficient (Wildman–Crippen LogP) is 2.28. The third-order valence-corrected chi connectivity index (χ3v) is 6.49. The number of carbonyl (C=O) groups is 2. The van der Waals surface area contributed by atoms with E-state index in [0.717, 1.165) is 4.31 Å². The van der Waals surface area contributed by atoms with E-state index in [9.17, 15) is 18.0 Å². The van der Waals surface area contributed by atoms with E-state index >= 15 is 0 Å². The fourth-order valence-electron chi connectivity index (χ4n) is 3.22. The van der Waals surface area contributed by atoms with Crippen LogP contribution in [-0.4, -0.2) is 47.3 Å². The van der Waals surface area contributed by atoms with E-state index in [2.05, 4.69) is 5.32 Å². The molecule has 0 saturated carbocycles. The van der Waals surface area contributed by atoms with Crippen molar-refractivity contribution in [3.05, 3.63) is 42.0 Å². The van der Waals surface area contributed by atoms with Crippen molar-refractivity contribution in [3.8, 4) is 17.2 Å². The summed E-state index contributed by atoms with van der Waals surface area (Å²) in [6.07, 6.45) is 0. The average molecular weight is 434 g/mol. The number of benzene rings is 2. The zero-order valence-electron chi connectivity index (χ0n) is 17.0. The molecule has 2 aromatic carbocycles. The molecule has 0 bridgehead atoms. The largest absolute Gasteiger partial charge is 0.493 e. The van der Waals surface area contributed by atoms with Crippen LogP contribution in [0, 0.1) is 5.92 Å². The van der Waals surface area contributed by atoms with Crippen LogP contribution in [0.4, 0.5) is 11.4 Å². The second kappa shape index (κ2) is 8.23. The van der Waals surface area contributed by atoms with E-state index in [0.29, 0.717) is 22.9 Å². The van der Waals surface area contributed by atoms with Crippen LogP contribution in [0.5, 0.6) is 17.2 Å². The van der Waals surface area contributed by atoms with Gasteiger partial charge in [0.1, 0.15) is 0 Å². The molecule has 1 aliphatic rings. The van der Waals surface area contributed by atoms with E-state index < -0.39 is 27.8 Å². The van der Waals surface area contributed by atoms with E-state index in [4.69, 9.17) is 14.2 Å². The summed E-state index contributed by atoms with van der Waals surface area (Å²) in [5.74, 6) is -0.792. The van der Waals surface area contributed by atoms with E-state index in [-0.39, 0.29) is 17.0 Å². The number of rotatable bonds is 6. The van der Waals surface area contributed by atoms with Gasteiger partial charge in [-0.3, -0.25) is 9.59 Å². The summed E-state index contributed by atoms with van der Waals surface area (Å²) in [5.41, 5.74) is 0.698. The zero-order chi connectivity index (χ0) is 22.1. The summed E-state index contributed by atoms with van der Waals surface area (Å²) >= 11 is 0. The summed E-state index contributed by atoms with van der Waals surface area (Å²) in [6.45, 7) is 1.56. The quantitative estimate of drug-likeness (QED) is 0.742. The number of carbonyl (C=O) groups excluding carboxylic acids is 2. The van der Waals surface area contributed by atoms with Gasteiger partial charge in [-0.25, -0.2) is 12.7 Å². The van der Waals surface area contributed by atoms with E-state index in [1.54, 1.807) is 19.1 Å². The van der Waals surface area contributed by atoms with Crippen LogP contribution in [0.15, 0.2) is 36.4 Å². The first-order valence-corrected chi connectivity index (χ1v) is 10.6. The molecule has 10 heteroatoms. The van der Waals surface area contributed by atoms with Crippen molar-refractivity contribution in [1.82, 2.24) is 0 Å². The maximum atomic E-state index is 12.8. The minimum Gasteiger partial charge on any atom is -0.493 e. The third kappa shape index (κ3) is 3.90. The van der Waals surface area contributed by atoms with Gasteiger partial charge >= 0.3 is 0 Å².